The third kappa shape index (κ3) is 9.14. The molecular formula is C33H45F2N7O7S. The number of fused-ring (bicyclic) bond motifs is 1. The summed E-state index contributed by atoms with van der Waals surface area (Å²) in [6.45, 7) is 4.67. The first-order chi connectivity index (χ1) is 23.7. The number of aromatic nitrogens is 2. The van der Waals surface area contributed by atoms with Crippen LogP contribution in [0.15, 0.2) is 41.3 Å². The average molecular weight is 722 g/mol. The topological polar surface area (TPSA) is 148 Å². The molecule has 2 N–H and O–H groups in total. The summed E-state index contributed by atoms with van der Waals surface area (Å²) in [4.78, 5) is 30.6. The summed E-state index contributed by atoms with van der Waals surface area (Å²) in [6, 6.07) is 7.46. The van der Waals surface area contributed by atoms with Crippen molar-refractivity contribution < 1.29 is 41.0 Å². The molecule has 0 fully saturated rings. The molecule has 2 atom stereocenters. The second-order valence-corrected chi connectivity index (χ2v) is 14.3. The van der Waals surface area contributed by atoms with Crippen molar-refractivity contribution in [3.63, 3.8) is 0 Å². The SMILES string of the molecule is COCCOC(=O)n1nc(NC(=O)c2ccc(N(C)CC(C)N(C)C)cc2NC(C)COC)c2c1CCN(S(=O)(=O)c1cc(F)cc(F)c1)C2. The van der Waals surface area contributed by atoms with E-state index < -0.39 is 38.6 Å². The molecule has 3 aromatic rings. The molecule has 0 radical (unpaired) electrons. The molecule has 2 unspecified atom stereocenters. The number of nitrogens with one attached hydrogen (secondary N) is 2. The van der Waals surface area contributed by atoms with E-state index in [0.717, 1.165) is 33.4 Å². The smallest absolute Gasteiger partial charge is 0.435 e. The Kier molecular flexibility index (Phi) is 12.9. The maximum absolute atomic E-state index is 14.0. The first-order valence-electron chi connectivity index (χ1n) is 16.0. The number of methoxy groups -OCH3 is 2. The summed E-state index contributed by atoms with van der Waals surface area (Å²) >= 11 is 0. The van der Waals surface area contributed by atoms with Crippen LogP contribution in [0.25, 0.3) is 0 Å². The number of amides is 1. The zero-order valence-electron chi connectivity index (χ0n) is 29.3. The number of halogens is 2. The van der Waals surface area contributed by atoms with Gasteiger partial charge in [0.2, 0.25) is 10.0 Å². The molecule has 0 bridgehead atoms. The minimum absolute atomic E-state index is 0.0116. The van der Waals surface area contributed by atoms with Gasteiger partial charge in [0.05, 0.1) is 29.4 Å². The Morgan fingerprint density at radius 1 is 1.02 bits per heavy atom. The summed E-state index contributed by atoms with van der Waals surface area (Å²) in [7, 11) is 4.60. The van der Waals surface area contributed by atoms with Crippen LogP contribution in [0.5, 0.6) is 0 Å². The van der Waals surface area contributed by atoms with E-state index in [-0.39, 0.29) is 61.8 Å². The van der Waals surface area contributed by atoms with E-state index in [9.17, 15) is 26.8 Å². The van der Waals surface area contributed by atoms with E-state index in [4.69, 9.17) is 14.2 Å². The third-order valence-electron chi connectivity index (χ3n) is 8.34. The monoisotopic (exact) mass is 721 g/mol. The number of ether oxygens (including phenoxy) is 3. The molecule has 1 aliphatic heterocycles. The lowest BCUT2D eigenvalue weighted by atomic mass is 10.1. The molecule has 4 rings (SSSR count). The van der Waals surface area contributed by atoms with Crippen LogP contribution in [0.2, 0.25) is 0 Å². The summed E-state index contributed by atoms with van der Waals surface area (Å²) < 4.78 is 72.5. The molecule has 1 aliphatic rings. The average Bonchev–Trinajstić information content (AvgIpc) is 3.41. The van der Waals surface area contributed by atoms with Gasteiger partial charge in [-0.1, -0.05) is 0 Å². The lowest BCUT2D eigenvalue weighted by Gasteiger charge is -2.28. The second-order valence-electron chi connectivity index (χ2n) is 12.4. The van der Waals surface area contributed by atoms with Crippen LogP contribution in [0.4, 0.5) is 30.8 Å². The van der Waals surface area contributed by atoms with E-state index in [1.807, 2.05) is 40.2 Å². The minimum Gasteiger partial charge on any atom is -0.445 e. The molecule has 0 spiro atoms. The van der Waals surface area contributed by atoms with Crippen molar-refractivity contribution in [2.24, 2.45) is 0 Å². The maximum atomic E-state index is 14.0. The summed E-state index contributed by atoms with van der Waals surface area (Å²) in [6.07, 6.45) is -0.861. The van der Waals surface area contributed by atoms with Gasteiger partial charge < -0.3 is 34.6 Å². The van der Waals surface area contributed by atoms with Crippen LogP contribution in [0.3, 0.4) is 0 Å². The van der Waals surface area contributed by atoms with Crippen molar-refractivity contribution in [3.8, 4) is 0 Å². The number of rotatable bonds is 15. The fourth-order valence-corrected chi connectivity index (χ4v) is 6.89. The first-order valence-corrected chi connectivity index (χ1v) is 17.4. The molecule has 2 heterocycles. The molecule has 0 aliphatic carbocycles. The number of nitrogens with zero attached hydrogens (tertiary/aromatic N) is 5. The number of carbonyl (C=O) groups excluding carboxylic acids is 2. The van der Waals surface area contributed by atoms with Gasteiger partial charge in [-0.2, -0.15) is 8.99 Å². The fourth-order valence-electron chi connectivity index (χ4n) is 5.43. The molecule has 0 saturated heterocycles. The van der Waals surface area contributed by atoms with Gasteiger partial charge >= 0.3 is 6.09 Å². The van der Waals surface area contributed by atoms with Gasteiger partial charge in [0.1, 0.15) is 18.2 Å². The van der Waals surface area contributed by atoms with Crippen molar-refractivity contribution in [3.05, 3.63) is 64.9 Å². The van der Waals surface area contributed by atoms with Gasteiger partial charge in [-0.15, -0.1) is 5.10 Å². The van der Waals surface area contributed by atoms with Gasteiger partial charge in [0.15, 0.2) is 5.82 Å². The fraction of sp³-hybridized carbons (Fsp3) is 0.485. The molecule has 50 heavy (non-hydrogen) atoms. The second kappa shape index (κ2) is 16.7. The van der Waals surface area contributed by atoms with Crippen molar-refractivity contribution in [2.45, 2.75) is 43.8 Å². The summed E-state index contributed by atoms with van der Waals surface area (Å²) in [5, 5.41) is 10.4. The zero-order chi connectivity index (χ0) is 36.7. The number of benzene rings is 2. The molecule has 1 aromatic heterocycles. The Bertz CT molecular complexity index is 1770. The lowest BCUT2D eigenvalue weighted by molar-refractivity contribution is 0.0967. The van der Waals surface area contributed by atoms with Gasteiger partial charge in [-0.05, 0) is 58.3 Å². The van der Waals surface area contributed by atoms with E-state index >= 15 is 0 Å². The first kappa shape index (κ1) is 38.6. The highest BCUT2D eigenvalue weighted by molar-refractivity contribution is 7.89. The minimum atomic E-state index is -4.39. The van der Waals surface area contributed by atoms with Crippen molar-refractivity contribution in [2.75, 3.05) is 83.8 Å². The number of hydrogen-bond donors (Lipinski definition) is 2. The van der Waals surface area contributed by atoms with E-state index in [1.165, 1.54) is 7.11 Å². The van der Waals surface area contributed by atoms with Crippen molar-refractivity contribution in [1.29, 1.82) is 0 Å². The Morgan fingerprint density at radius 2 is 1.72 bits per heavy atom. The maximum Gasteiger partial charge on any atom is 0.435 e. The number of anilines is 3. The summed E-state index contributed by atoms with van der Waals surface area (Å²) in [5.74, 6) is -2.75. The zero-order valence-corrected chi connectivity index (χ0v) is 30.1. The van der Waals surface area contributed by atoms with Gasteiger partial charge in [0.25, 0.3) is 5.91 Å². The van der Waals surface area contributed by atoms with Crippen molar-refractivity contribution >= 4 is 39.2 Å². The molecule has 14 nitrogen and oxygen atoms in total. The highest BCUT2D eigenvalue weighted by atomic mass is 32.2. The van der Waals surface area contributed by atoms with Crippen LogP contribution < -0.4 is 15.5 Å². The number of sulfonamides is 1. The number of carbonyl (C=O) groups is 2. The predicted octanol–water partition coefficient (Wildman–Crippen LogP) is 3.62. The van der Waals surface area contributed by atoms with Crippen LogP contribution in [0.1, 0.15) is 35.5 Å². The quantitative estimate of drug-likeness (QED) is 0.222. The highest BCUT2D eigenvalue weighted by Crippen LogP contribution is 2.32. The van der Waals surface area contributed by atoms with E-state index in [0.29, 0.717) is 24.1 Å². The third-order valence-corrected chi connectivity index (χ3v) is 10.2. The van der Waals surface area contributed by atoms with Gasteiger partial charge in [-0.25, -0.2) is 22.0 Å². The molecule has 1 amide bonds. The number of hydrogen-bond acceptors (Lipinski definition) is 11. The van der Waals surface area contributed by atoms with Gasteiger partial charge in [-0.3, -0.25) is 4.79 Å². The summed E-state index contributed by atoms with van der Waals surface area (Å²) in [5.41, 5.74) is 2.17. The lowest BCUT2D eigenvalue weighted by Crippen LogP contribution is -2.37. The van der Waals surface area contributed by atoms with Crippen LogP contribution in [-0.2, 0) is 37.2 Å². The van der Waals surface area contributed by atoms with Gasteiger partial charge in [0, 0.05) is 82.4 Å². The standard InChI is InChI=1S/C33H45F2N7O7S/c1-21(20-48-7)36-29-17-25(40(5)18-22(2)39(3)4)8-9-27(29)32(43)37-31-28-19-41(50(45,46)26-15-23(34)14-24(35)16-26)11-10-30(28)42(38-31)33(44)49-13-12-47-6/h8-9,14-17,21-22,36H,10-13,18-20H2,1-7H3,(H,37,38,43). The van der Waals surface area contributed by atoms with Crippen molar-refractivity contribution in [1.82, 2.24) is 19.0 Å². The molecule has 274 valence electrons. The van der Waals surface area contributed by atoms with Crippen LogP contribution in [0, 0.1) is 11.6 Å². The normalized spacial score (nSPS) is 14.6. The van der Waals surface area contributed by atoms with E-state index in [2.05, 4.69) is 32.5 Å². The van der Waals surface area contributed by atoms with Crippen LogP contribution >= 0.6 is 0 Å². The predicted molar refractivity (Wildman–Crippen MR) is 184 cm³/mol. The highest BCUT2D eigenvalue weighted by Gasteiger charge is 2.35. The van der Waals surface area contributed by atoms with E-state index in [1.54, 1.807) is 13.2 Å². The molecule has 0 saturated carbocycles. The Labute approximate surface area is 291 Å². The van der Waals surface area contributed by atoms with Crippen LogP contribution in [-0.4, -0.2) is 120 Å². The Hall–Kier alpha value is -4.16. The molecule has 2 aromatic carbocycles. The number of likely N-dealkylation sites (N-methyl/N-ethyl adjacent to an activating group) is 2. The largest absolute Gasteiger partial charge is 0.445 e. The molecular weight excluding hydrogens is 676 g/mol. The molecule has 17 heteroatoms. The Morgan fingerprint density at radius 3 is 2.36 bits per heavy atom. The Balaban J connectivity index is 1.71.